The Morgan fingerprint density at radius 2 is 1.66 bits per heavy atom. The molecule has 0 spiro atoms. The van der Waals surface area contributed by atoms with Gasteiger partial charge in [0.05, 0.1) is 19.9 Å². The second-order valence-corrected chi connectivity index (χ2v) is 5.76. The SMILES string of the molecule is CNCCNC(=O)c1ccc(OCC(=O)Nc2ccccc2OC)c(OC)c1.Cl. The molecule has 0 atom stereocenters. The van der Waals surface area contributed by atoms with Crippen LogP contribution in [0.1, 0.15) is 10.4 Å². The fourth-order valence-corrected chi connectivity index (χ4v) is 2.41. The molecule has 0 radical (unpaired) electrons. The van der Waals surface area contributed by atoms with E-state index in [4.69, 9.17) is 14.2 Å². The van der Waals surface area contributed by atoms with Crippen LogP contribution in [0, 0.1) is 0 Å². The van der Waals surface area contributed by atoms with E-state index < -0.39 is 0 Å². The lowest BCUT2D eigenvalue weighted by molar-refractivity contribution is -0.118. The van der Waals surface area contributed by atoms with E-state index in [-0.39, 0.29) is 30.8 Å². The van der Waals surface area contributed by atoms with E-state index in [0.717, 1.165) is 0 Å². The molecule has 9 heteroatoms. The number of amides is 2. The zero-order valence-corrected chi connectivity index (χ0v) is 17.4. The largest absolute Gasteiger partial charge is 0.495 e. The Bertz CT molecular complexity index is 816. The maximum absolute atomic E-state index is 12.2. The van der Waals surface area contributed by atoms with Crippen LogP contribution in [-0.2, 0) is 4.79 Å². The minimum Gasteiger partial charge on any atom is -0.495 e. The van der Waals surface area contributed by atoms with Gasteiger partial charge in [0.25, 0.3) is 11.8 Å². The normalized spacial score (nSPS) is 9.76. The van der Waals surface area contributed by atoms with Gasteiger partial charge in [-0.05, 0) is 37.4 Å². The van der Waals surface area contributed by atoms with Crippen LogP contribution in [0.5, 0.6) is 17.2 Å². The van der Waals surface area contributed by atoms with Crippen LogP contribution < -0.4 is 30.2 Å². The van der Waals surface area contributed by atoms with E-state index in [1.54, 1.807) is 36.4 Å². The highest BCUT2D eigenvalue weighted by molar-refractivity contribution is 5.95. The van der Waals surface area contributed by atoms with Crippen LogP contribution in [0.3, 0.4) is 0 Å². The number of para-hydroxylation sites is 2. The number of nitrogens with one attached hydrogen (secondary N) is 3. The van der Waals surface area contributed by atoms with Gasteiger partial charge in [0.2, 0.25) is 0 Å². The third-order valence-electron chi connectivity index (χ3n) is 3.83. The van der Waals surface area contributed by atoms with E-state index in [0.29, 0.717) is 41.6 Å². The number of carbonyl (C=O) groups is 2. The fraction of sp³-hybridized carbons (Fsp3) is 0.300. The lowest BCUT2D eigenvalue weighted by Crippen LogP contribution is -2.30. The number of benzene rings is 2. The Labute approximate surface area is 176 Å². The molecule has 0 aliphatic rings. The summed E-state index contributed by atoms with van der Waals surface area (Å²) in [6.07, 6.45) is 0. The van der Waals surface area contributed by atoms with E-state index in [1.807, 2.05) is 13.1 Å². The van der Waals surface area contributed by atoms with Gasteiger partial charge in [0.1, 0.15) is 5.75 Å². The monoisotopic (exact) mass is 423 g/mol. The van der Waals surface area contributed by atoms with Crippen molar-refractivity contribution in [3.8, 4) is 17.2 Å². The Morgan fingerprint density at radius 3 is 2.34 bits per heavy atom. The first-order valence-electron chi connectivity index (χ1n) is 8.75. The molecule has 2 aromatic carbocycles. The molecule has 0 aromatic heterocycles. The highest BCUT2D eigenvalue weighted by Gasteiger charge is 2.13. The van der Waals surface area contributed by atoms with Gasteiger partial charge in [0.15, 0.2) is 18.1 Å². The van der Waals surface area contributed by atoms with Crippen molar-refractivity contribution in [2.75, 3.05) is 46.3 Å². The number of carbonyl (C=O) groups excluding carboxylic acids is 2. The number of ether oxygens (including phenoxy) is 3. The Kier molecular flexibility index (Phi) is 10.4. The maximum Gasteiger partial charge on any atom is 0.262 e. The second-order valence-electron chi connectivity index (χ2n) is 5.76. The van der Waals surface area contributed by atoms with Gasteiger partial charge in [-0.25, -0.2) is 0 Å². The topological polar surface area (TPSA) is 97.9 Å². The molecule has 0 fully saturated rings. The summed E-state index contributed by atoms with van der Waals surface area (Å²) in [5.41, 5.74) is 0.998. The van der Waals surface area contributed by atoms with Crippen LogP contribution in [0.15, 0.2) is 42.5 Å². The number of rotatable bonds is 10. The minimum absolute atomic E-state index is 0. The highest BCUT2D eigenvalue weighted by atomic mass is 35.5. The molecule has 3 N–H and O–H groups in total. The van der Waals surface area contributed by atoms with Crippen molar-refractivity contribution in [3.05, 3.63) is 48.0 Å². The van der Waals surface area contributed by atoms with Crippen molar-refractivity contribution >= 4 is 29.9 Å². The molecule has 158 valence electrons. The molecule has 2 aromatic rings. The van der Waals surface area contributed by atoms with Crippen LogP contribution >= 0.6 is 12.4 Å². The second kappa shape index (κ2) is 12.5. The summed E-state index contributed by atoms with van der Waals surface area (Å²) >= 11 is 0. The van der Waals surface area contributed by atoms with Crippen molar-refractivity contribution in [1.82, 2.24) is 10.6 Å². The Balaban J connectivity index is 0.00000420. The maximum atomic E-state index is 12.2. The Hall–Kier alpha value is -2.97. The molecule has 0 aliphatic heterocycles. The molecule has 29 heavy (non-hydrogen) atoms. The smallest absolute Gasteiger partial charge is 0.262 e. The molecular weight excluding hydrogens is 398 g/mol. The number of methoxy groups -OCH3 is 2. The van der Waals surface area contributed by atoms with Gasteiger partial charge in [-0.2, -0.15) is 0 Å². The van der Waals surface area contributed by atoms with E-state index in [1.165, 1.54) is 14.2 Å². The van der Waals surface area contributed by atoms with Crippen molar-refractivity contribution in [3.63, 3.8) is 0 Å². The first-order chi connectivity index (χ1) is 13.6. The van der Waals surface area contributed by atoms with Crippen LogP contribution in [0.4, 0.5) is 5.69 Å². The van der Waals surface area contributed by atoms with E-state index in [2.05, 4.69) is 16.0 Å². The van der Waals surface area contributed by atoms with Crippen LogP contribution in [0.2, 0.25) is 0 Å². The number of hydrogen-bond donors (Lipinski definition) is 3. The summed E-state index contributed by atoms with van der Waals surface area (Å²) in [4.78, 5) is 24.3. The van der Waals surface area contributed by atoms with Crippen molar-refractivity contribution in [2.24, 2.45) is 0 Å². The molecule has 8 nitrogen and oxygen atoms in total. The quantitative estimate of drug-likeness (QED) is 0.506. The summed E-state index contributed by atoms with van der Waals surface area (Å²) < 4.78 is 16.0. The average molecular weight is 424 g/mol. The number of halogens is 1. The lowest BCUT2D eigenvalue weighted by Gasteiger charge is -2.13. The zero-order chi connectivity index (χ0) is 20.4. The van der Waals surface area contributed by atoms with Crippen LogP contribution in [-0.4, -0.2) is 52.8 Å². The van der Waals surface area contributed by atoms with Gasteiger partial charge >= 0.3 is 0 Å². The van der Waals surface area contributed by atoms with Gasteiger partial charge in [-0.1, -0.05) is 12.1 Å². The predicted octanol–water partition coefficient (Wildman–Crippen LogP) is 2.09. The zero-order valence-electron chi connectivity index (χ0n) is 16.6. The molecule has 0 heterocycles. The summed E-state index contributed by atoms with van der Waals surface area (Å²) in [5, 5.41) is 8.47. The van der Waals surface area contributed by atoms with E-state index in [9.17, 15) is 9.59 Å². The summed E-state index contributed by atoms with van der Waals surface area (Å²) in [7, 11) is 4.81. The number of hydrogen-bond acceptors (Lipinski definition) is 6. The summed E-state index contributed by atoms with van der Waals surface area (Å²) in [6, 6.07) is 11.9. The molecule has 0 saturated heterocycles. The number of anilines is 1. The molecule has 0 saturated carbocycles. The standard InChI is InChI=1S/C20H25N3O5.ClH/c1-21-10-11-22-20(25)14-8-9-17(18(12-14)27-3)28-13-19(24)23-15-6-4-5-7-16(15)26-2;/h4-9,12,21H,10-11,13H2,1-3H3,(H,22,25)(H,23,24);1H. The van der Waals surface area contributed by atoms with E-state index >= 15 is 0 Å². The van der Waals surface area contributed by atoms with Gasteiger partial charge < -0.3 is 30.2 Å². The van der Waals surface area contributed by atoms with Gasteiger partial charge in [-0.15, -0.1) is 12.4 Å². The third kappa shape index (κ3) is 7.17. The lowest BCUT2D eigenvalue weighted by atomic mass is 10.2. The molecule has 0 aliphatic carbocycles. The van der Waals surface area contributed by atoms with Gasteiger partial charge in [-0.3, -0.25) is 9.59 Å². The number of likely N-dealkylation sites (N-methyl/N-ethyl adjacent to an activating group) is 1. The molecule has 2 amide bonds. The molecular formula is C20H26ClN3O5. The Morgan fingerprint density at radius 1 is 0.931 bits per heavy atom. The van der Waals surface area contributed by atoms with Gasteiger partial charge in [0, 0.05) is 18.7 Å². The van der Waals surface area contributed by atoms with Crippen molar-refractivity contribution < 1.29 is 23.8 Å². The highest BCUT2D eigenvalue weighted by Crippen LogP contribution is 2.28. The molecule has 0 unspecified atom stereocenters. The van der Waals surface area contributed by atoms with Crippen LogP contribution in [0.25, 0.3) is 0 Å². The summed E-state index contributed by atoms with van der Waals surface area (Å²) in [6.45, 7) is 0.965. The predicted molar refractivity (Wildman–Crippen MR) is 114 cm³/mol. The molecule has 0 bridgehead atoms. The first-order valence-corrected chi connectivity index (χ1v) is 8.75. The summed E-state index contributed by atoms with van der Waals surface area (Å²) in [5.74, 6) is 0.729. The third-order valence-corrected chi connectivity index (χ3v) is 3.83. The van der Waals surface area contributed by atoms with Crippen molar-refractivity contribution in [2.45, 2.75) is 0 Å². The molecule has 2 rings (SSSR count). The minimum atomic E-state index is -0.347. The fourth-order valence-electron chi connectivity index (χ4n) is 2.41. The van der Waals surface area contributed by atoms with Crippen molar-refractivity contribution in [1.29, 1.82) is 0 Å². The first kappa shape index (κ1) is 24.1. The average Bonchev–Trinajstić information content (AvgIpc) is 2.72.